The van der Waals surface area contributed by atoms with Gasteiger partial charge in [-0.3, -0.25) is 4.90 Å². The van der Waals surface area contributed by atoms with Crippen LogP contribution in [0.3, 0.4) is 0 Å². The van der Waals surface area contributed by atoms with Crippen molar-refractivity contribution >= 4 is 27.5 Å². The fourth-order valence-electron chi connectivity index (χ4n) is 2.10. The largest absolute Gasteiger partial charge is 0.377 e. The van der Waals surface area contributed by atoms with E-state index in [4.69, 9.17) is 0 Å². The van der Waals surface area contributed by atoms with Crippen molar-refractivity contribution in [2.75, 3.05) is 25.1 Å². The Morgan fingerprint density at radius 1 is 1.30 bits per heavy atom. The number of rotatable bonds is 4. The number of hydrogen-bond donors (Lipinski definition) is 1. The number of anilines is 1. The summed E-state index contributed by atoms with van der Waals surface area (Å²) >= 11 is 3.34. The molecule has 0 unspecified atom stereocenters. The monoisotopic (exact) mass is 340 g/mol. The van der Waals surface area contributed by atoms with Crippen LogP contribution in [0.4, 0.5) is 5.69 Å². The topological polar surface area (TPSA) is 70.8 Å². The lowest BCUT2D eigenvalue weighted by Crippen LogP contribution is -2.37. The van der Waals surface area contributed by atoms with E-state index in [9.17, 15) is 10.1 Å². The minimum Gasteiger partial charge on any atom is -0.358 e. The summed E-state index contributed by atoms with van der Waals surface area (Å²) in [4.78, 5) is 12.7. The molecule has 2 rings (SSSR count). The van der Waals surface area contributed by atoms with E-state index in [0.29, 0.717) is 0 Å². The maximum Gasteiger partial charge on any atom is 0.377 e. The van der Waals surface area contributed by atoms with Crippen molar-refractivity contribution in [2.24, 2.45) is 5.10 Å². The van der Waals surface area contributed by atoms with Crippen molar-refractivity contribution < 1.29 is 4.92 Å². The number of benzene rings is 1. The first kappa shape index (κ1) is 14.9. The molecule has 20 heavy (non-hydrogen) atoms. The third-order valence-corrected chi connectivity index (χ3v) is 3.71. The van der Waals surface area contributed by atoms with Gasteiger partial charge in [0.2, 0.25) is 0 Å². The van der Waals surface area contributed by atoms with Gasteiger partial charge in [0.05, 0.1) is 10.8 Å². The molecule has 1 heterocycles. The van der Waals surface area contributed by atoms with Gasteiger partial charge in [0.15, 0.2) is 0 Å². The van der Waals surface area contributed by atoms with E-state index in [1.165, 1.54) is 6.42 Å². The number of piperidine rings is 1. The first-order chi connectivity index (χ1) is 9.65. The molecular weight excluding hydrogens is 324 g/mol. The Hall–Kier alpha value is -1.47. The van der Waals surface area contributed by atoms with Gasteiger partial charge in [-0.05, 0) is 55.1 Å². The molecule has 0 saturated carbocycles. The molecule has 1 saturated heterocycles. The molecule has 1 fully saturated rings. The number of hydrogen-bond acceptors (Lipinski definition) is 5. The molecule has 1 N–H and O–H groups in total. The van der Waals surface area contributed by atoms with Crippen LogP contribution in [-0.2, 0) is 0 Å². The van der Waals surface area contributed by atoms with E-state index >= 15 is 0 Å². The second-order valence-corrected chi connectivity index (χ2v) is 5.66. The first-order valence-electron chi connectivity index (χ1n) is 6.60. The van der Waals surface area contributed by atoms with Crippen molar-refractivity contribution in [3.05, 3.63) is 38.9 Å². The highest BCUT2D eigenvalue weighted by Crippen LogP contribution is 2.14. The summed E-state index contributed by atoms with van der Waals surface area (Å²) in [6.45, 7) is 2.10. The molecule has 0 amide bonds. The van der Waals surface area contributed by atoms with Crippen LogP contribution in [-0.4, -0.2) is 35.3 Å². The Kier molecular flexibility index (Phi) is 5.49. The van der Waals surface area contributed by atoms with Gasteiger partial charge >= 0.3 is 5.84 Å². The highest BCUT2D eigenvalue weighted by molar-refractivity contribution is 9.10. The second-order valence-electron chi connectivity index (χ2n) is 4.74. The maximum atomic E-state index is 11.0. The summed E-state index contributed by atoms with van der Waals surface area (Å²) in [5.74, 6) is -0.0465. The second kappa shape index (κ2) is 7.35. The van der Waals surface area contributed by atoms with E-state index in [2.05, 4.69) is 31.4 Å². The van der Waals surface area contributed by atoms with Gasteiger partial charge in [-0.15, -0.1) is 0 Å². The molecule has 1 aromatic carbocycles. The van der Waals surface area contributed by atoms with Crippen LogP contribution in [0.2, 0.25) is 0 Å². The molecule has 0 atom stereocenters. The van der Waals surface area contributed by atoms with E-state index in [1.807, 2.05) is 24.3 Å². The quantitative estimate of drug-likeness (QED) is 0.396. The van der Waals surface area contributed by atoms with Crippen LogP contribution in [0.15, 0.2) is 33.8 Å². The SMILES string of the molecule is O=[N+]([O-])/C(CN1CCCCC1)=N/Nc1ccc(Br)cc1. The van der Waals surface area contributed by atoms with E-state index < -0.39 is 4.92 Å². The first-order valence-corrected chi connectivity index (χ1v) is 7.39. The minimum atomic E-state index is -0.416. The van der Waals surface area contributed by atoms with E-state index in [-0.39, 0.29) is 12.4 Å². The molecule has 7 heteroatoms. The Morgan fingerprint density at radius 2 is 1.95 bits per heavy atom. The van der Waals surface area contributed by atoms with Crippen molar-refractivity contribution in [1.82, 2.24) is 4.90 Å². The maximum absolute atomic E-state index is 11.0. The standard InChI is InChI=1S/C13H17BrN4O2/c14-11-4-6-12(7-5-11)15-16-13(18(19)20)10-17-8-2-1-3-9-17/h4-7,15H,1-3,8-10H2/b16-13+. The van der Waals surface area contributed by atoms with Crippen LogP contribution in [0.1, 0.15) is 19.3 Å². The van der Waals surface area contributed by atoms with Crippen molar-refractivity contribution in [1.29, 1.82) is 0 Å². The summed E-state index contributed by atoms with van der Waals surface area (Å²) < 4.78 is 0.954. The lowest BCUT2D eigenvalue weighted by molar-refractivity contribution is -0.353. The van der Waals surface area contributed by atoms with Gasteiger partial charge < -0.3 is 10.1 Å². The predicted molar refractivity (Wildman–Crippen MR) is 82.5 cm³/mol. The Bertz CT molecular complexity index is 484. The fraction of sp³-hybridized carbons (Fsp3) is 0.462. The zero-order valence-corrected chi connectivity index (χ0v) is 12.7. The molecule has 0 bridgehead atoms. The molecule has 1 aromatic rings. The van der Waals surface area contributed by atoms with Crippen molar-refractivity contribution in [3.63, 3.8) is 0 Å². The summed E-state index contributed by atoms with van der Waals surface area (Å²) in [6, 6.07) is 7.33. The summed E-state index contributed by atoms with van der Waals surface area (Å²) in [5, 5.41) is 15.0. The Labute approximate surface area is 126 Å². The number of nitrogens with zero attached hydrogens (tertiary/aromatic N) is 3. The van der Waals surface area contributed by atoms with Gasteiger partial charge in [0.1, 0.15) is 6.54 Å². The molecular formula is C13H17BrN4O2. The zero-order chi connectivity index (χ0) is 14.4. The van der Waals surface area contributed by atoms with Gasteiger partial charge in [-0.2, -0.15) is 5.43 Å². The molecule has 1 aliphatic rings. The predicted octanol–water partition coefficient (Wildman–Crippen LogP) is 2.94. The van der Waals surface area contributed by atoms with Gasteiger partial charge in [-0.1, -0.05) is 22.4 Å². The summed E-state index contributed by atoms with van der Waals surface area (Å²) in [5.41, 5.74) is 3.47. The lowest BCUT2D eigenvalue weighted by atomic mass is 10.1. The van der Waals surface area contributed by atoms with Gasteiger partial charge in [0, 0.05) is 4.47 Å². The van der Waals surface area contributed by atoms with Gasteiger partial charge in [0.25, 0.3) is 0 Å². The summed E-state index contributed by atoms with van der Waals surface area (Å²) in [7, 11) is 0. The summed E-state index contributed by atoms with van der Waals surface area (Å²) in [6.07, 6.45) is 3.41. The molecule has 0 radical (unpaired) electrons. The number of nitrogens with one attached hydrogen (secondary N) is 1. The third-order valence-electron chi connectivity index (χ3n) is 3.18. The fourth-order valence-corrected chi connectivity index (χ4v) is 2.37. The Morgan fingerprint density at radius 3 is 2.55 bits per heavy atom. The molecule has 108 valence electrons. The normalized spacial score (nSPS) is 16.9. The van der Waals surface area contributed by atoms with E-state index in [1.54, 1.807) is 0 Å². The molecule has 0 aliphatic carbocycles. The van der Waals surface area contributed by atoms with E-state index in [0.717, 1.165) is 36.1 Å². The smallest absolute Gasteiger partial charge is 0.358 e. The molecule has 0 spiro atoms. The third kappa shape index (κ3) is 4.57. The van der Waals surface area contributed by atoms with Crippen LogP contribution in [0.25, 0.3) is 0 Å². The van der Waals surface area contributed by atoms with Crippen LogP contribution < -0.4 is 5.43 Å². The molecule has 6 nitrogen and oxygen atoms in total. The Balaban J connectivity index is 1.98. The molecule has 1 aliphatic heterocycles. The number of amidine groups is 1. The van der Waals surface area contributed by atoms with Crippen LogP contribution in [0.5, 0.6) is 0 Å². The zero-order valence-electron chi connectivity index (χ0n) is 11.1. The lowest BCUT2D eigenvalue weighted by Gasteiger charge is -2.24. The average Bonchev–Trinajstić information content (AvgIpc) is 2.46. The number of likely N-dealkylation sites (tertiary alicyclic amines) is 1. The van der Waals surface area contributed by atoms with Gasteiger partial charge in [-0.25, -0.2) is 0 Å². The molecule has 0 aromatic heterocycles. The van der Waals surface area contributed by atoms with Crippen LogP contribution >= 0.6 is 15.9 Å². The van der Waals surface area contributed by atoms with Crippen molar-refractivity contribution in [2.45, 2.75) is 19.3 Å². The number of hydrazone groups is 1. The van der Waals surface area contributed by atoms with Crippen molar-refractivity contribution in [3.8, 4) is 0 Å². The highest BCUT2D eigenvalue weighted by atomic mass is 79.9. The highest BCUT2D eigenvalue weighted by Gasteiger charge is 2.20. The average molecular weight is 341 g/mol. The number of halogens is 1. The number of nitro groups is 1. The van der Waals surface area contributed by atoms with Crippen LogP contribution in [0, 0.1) is 10.1 Å². The minimum absolute atomic E-state index is 0.0465.